The monoisotopic (exact) mass is 409 g/mol. The van der Waals surface area contributed by atoms with Crippen molar-refractivity contribution in [1.82, 2.24) is 9.78 Å². The van der Waals surface area contributed by atoms with E-state index >= 15 is 0 Å². The minimum Gasteiger partial charge on any atom is -0.481 e. The Labute approximate surface area is 173 Å². The molecule has 0 aliphatic carbocycles. The number of aliphatic carboxylic acids is 1. The van der Waals surface area contributed by atoms with Crippen LogP contribution in [0, 0.1) is 0 Å². The molecule has 3 rings (SSSR count). The first-order valence-electron chi connectivity index (χ1n) is 8.98. The van der Waals surface area contributed by atoms with Crippen molar-refractivity contribution in [1.29, 1.82) is 0 Å². The Bertz CT molecular complexity index is 1070. The van der Waals surface area contributed by atoms with Gasteiger partial charge in [0.2, 0.25) is 0 Å². The summed E-state index contributed by atoms with van der Waals surface area (Å²) in [4.78, 5) is 23.4. The fourth-order valence-corrected chi connectivity index (χ4v) is 3.10. The maximum Gasteiger partial charge on any atom is 0.303 e. The molecule has 0 atom stereocenters. The number of hydrogen-bond acceptors (Lipinski definition) is 3. The number of rotatable bonds is 7. The number of carbonyl (C=O) groups is 2. The van der Waals surface area contributed by atoms with Crippen LogP contribution in [-0.4, -0.2) is 26.8 Å². The van der Waals surface area contributed by atoms with Gasteiger partial charge in [0.1, 0.15) is 0 Å². The molecule has 2 aromatic carbocycles. The van der Waals surface area contributed by atoms with Crippen LogP contribution in [0.1, 0.15) is 29.4 Å². The van der Waals surface area contributed by atoms with Crippen LogP contribution in [0.3, 0.4) is 0 Å². The molecule has 2 N–H and O–H groups in total. The number of amides is 1. The summed E-state index contributed by atoms with van der Waals surface area (Å²) in [5, 5.41) is 16.3. The number of benzene rings is 2. The first-order valence-corrected chi connectivity index (χ1v) is 9.36. The quantitative estimate of drug-likeness (QED) is 0.577. The molecule has 0 saturated carbocycles. The number of aromatic nitrogens is 2. The fraction of sp³-hybridized carbons (Fsp3) is 0.136. The molecule has 0 saturated heterocycles. The number of allylic oxidation sites excluding steroid dienone is 1. The highest BCUT2D eigenvalue weighted by Crippen LogP contribution is 2.26. The molecule has 1 amide bonds. The van der Waals surface area contributed by atoms with Crippen molar-refractivity contribution >= 4 is 34.9 Å². The lowest BCUT2D eigenvalue weighted by atomic mass is 10.1. The van der Waals surface area contributed by atoms with Crippen LogP contribution in [0.15, 0.2) is 61.2 Å². The van der Waals surface area contributed by atoms with Crippen LogP contribution in [-0.2, 0) is 11.2 Å². The zero-order chi connectivity index (χ0) is 21.0. The Morgan fingerprint density at radius 2 is 1.90 bits per heavy atom. The molecule has 0 bridgehead atoms. The zero-order valence-corrected chi connectivity index (χ0v) is 16.6. The second-order valence-electron chi connectivity index (χ2n) is 6.59. The zero-order valence-electron chi connectivity index (χ0n) is 15.9. The first kappa shape index (κ1) is 20.4. The molecule has 6 nitrogen and oxygen atoms in total. The van der Waals surface area contributed by atoms with Gasteiger partial charge in [0, 0.05) is 17.7 Å². The smallest absolute Gasteiger partial charge is 0.303 e. The molecule has 3 aromatic rings. The highest BCUT2D eigenvalue weighted by atomic mass is 35.5. The molecule has 148 valence electrons. The second-order valence-corrected chi connectivity index (χ2v) is 7.00. The van der Waals surface area contributed by atoms with E-state index in [-0.39, 0.29) is 12.1 Å². The Hall–Kier alpha value is -3.38. The van der Waals surface area contributed by atoms with Gasteiger partial charge in [-0.05, 0) is 37.1 Å². The molecule has 0 fully saturated rings. The first-order chi connectivity index (χ1) is 13.8. The van der Waals surface area contributed by atoms with E-state index in [1.54, 1.807) is 28.9 Å². The molecule has 1 aromatic heterocycles. The predicted molar refractivity (Wildman–Crippen MR) is 114 cm³/mol. The number of nitrogens with one attached hydrogen (secondary N) is 1. The van der Waals surface area contributed by atoms with Crippen molar-refractivity contribution in [2.45, 2.75) is 19.8 Å². The third-order valence-electron chi connectivity index (χ3n) is 4.28. The van der Waals surface area contributed by atoms with E-state index in [0.29, 0.717) is 22.8 Å². The maximum absolute atomic E-state index is 12.7. The van der Waals surface area contributed by atoms with Crippen LogP contribution in [0.2, 0.25) is 5.02 Å². The van der Waals surface area contributed by atoms with Gasteiger partial charge < -0.3 is 10.4 Å². The van der Waals surface area contributed by atoms with Crippen molar-refractivity contribution in [2.24, 2.45) is 0 Å². The van der Waals surface area contributed by atoms with E-state index in [2.05, 4.69) is 17.0 Å². The standard InChI is InChI=1S/C22H20ClN3O3/c1-14(2)26-20(16-6-4-3-5-7-16)13-19(25-26)22(29)24-18-10-8-15(12-17(18)23)9-11-21(27)28/h3-8,10,12-13H,1,9,11H2,2H3,(H,24,29)(H,27,28). The third kappa shape index (κ3) is 4.92. The van der Waals surface area contributed by atoms with Gasteiger partial charge in [0.15, 0.2) is 5.69 Å². The van der Waals surface area contributed by atoms with E-state index in [4.69, 9.17) is 16.7 Å². The van der Waals surface area contributed by atoms with Crippen LogP contribution in [0.4, 0.5) is 5.69 Å². The average Bonchev–Trinajstić information content (AvgIpc) is 3.15. The number of anilines is 1. The second kappa shape index (κ2) is 8.75. The number of carboxylic acid groups (broad SMARTS) is 1. The van der Waals surface area contributed by atoms with Gasteiger partial charge in [-0.15, -0.1) is 0 Å². The van der Waals surface area contributed by atoms with Crippen LogP contribution >= 0.6 is 11.6 Å². The normalized spacial score (nSPS) is 10.6. The number of aryl methyl sites for hydroxylation is 1. The molecular formula is C22H20ClN3O3. The number of hydrogen-bond donors (Lipinski definition) is 2. The van der Waals surface area contributed by atoms with Gasteiger partial charge in [-0.25, -0.2) is 4.68 Å². The Morgan fingerprint density at radius 3 is 2.52 bits per heavy atom. The van der Waals surface area contributed by atoms with Gasteiger partial charge in [0.25, 0.3) is 5.91 Å². The van der Waals surface area contributed by atoms with E-state index in [1.165, 1.54) is 0 Å². The molecule has 0 spiro atoms. The van der Waals surface area contributed by atoms with E-state index in [0.717, 1.165) is 16.8 Å². The summed E-state index contributed by atoms with van der Waals surface area (Å²) in [6, 6.07) is 16.4. The summed E-state index contributed by atoms with van der Waals surface area (Å²) in [7, 11) is 0. The molecular weight excluding hydrogens is 390 g/mol. The lowest BCUT2D eigenvalue weighted by Crippen LogP contribution is -2.13. The minimum atomic E-state index is -0.874. The van der Waals surface area contributed by atoms with Crippen molar-refractivity contribution < 1.29 is 14.7 Å². The summed E-state index contributed by atoms with van der Waals surface area (Å²) < 4.78 is 1.63. The molecule has 0 unspecified atom stereocenters. The number of halogens is 1. The lowest BCUT2D eigenvalue weighted by molar-refractivity contribution is -0.136. The van der Waals surface area contributed by atoms with E-state index in [9.17, 15) is 9.59 Å². The molecule has 7 heteroatoms. The van der Waals surface area contributed by atoms with Crippen molar-refractivity contribution in [2.75, 3.05) is 5.32 Å². The molecule has 0 radical (unpaired) electrons. The predicted octanol–water partition coefficient (Wildman–Crippen LogP) is 4.96. The topological polar surface area (TPSA) is 84.2 Å². The van der Waals surface area contributed by atoms with Crippen molar-refractivity contribution in [3.8, 4) is 11.3 Å². The van der Waals surface area contributed by atoms with E-state index in [1.807, 2.05) is 37.3 Å². The lowest BCUT2D eigenvalue weighted by Gasteiger charge is -2.08. The van der Waals surface area contributed by atoms with Gasteiger partial charge in [-0.2, -0.15) is 5.10 Å². The molecule has 1 heterocycles. The van der Waals surface area contributed by atoms with E-state index < -0.39 is 11.9 Å². The largest absolute Gasteiger partial charge is 0.481 e. The summed E-state index contributed by atoms with van der Waals surface area (Å²) >= 11 is 6.26. The van der Waals surface area contributed by atoms with Gasteiger partial charge in [-0.1, -0.05) is 54.6 Å². The SMILES string of the molecule is C=C(C)n1nc(C(=O)Nc2ccc(CCC(=O)O)cc2Cl)cc1-c1ccccc1. The number of nitrogens with zero attached hydrogens (tertiary/aromatic N) is 2. The summed E-state index contributed by atoms with van der Waals surface area (Å²) in [6.45, 7) is 5.74. The summed E-state index contributed by atoms with van der Waals surface area (Å²) in [6.07, 6.45) is 0.384. The van der Waals surface area contributed by atoms with Crippen LogP contribution in [0.25, 0.3) is 17.0 Å². The average molecular weight is 410 g/mol. The Morgan fingerprint density at radius 1 is 1.17 bits per heavy atom. The molecule has 0 aliphatic heterocycles. The highest BCUT2D eigenvalue weighted by molar-refractivity contribution is 6.34. The van der Waals surface area contributed by atoms with Gasteiger partial charge in [0.05, 0.1) is 16.4 Å². The highest BCUT2D eigenvalue weighted by Gasteiger charge is 2.17. The summed E-state index contributed by atoms with van der Waals surface area (Å²) in [5.41, 5.74) is 3.82. The Balaban J connectivity index is 1.82. The maximum atomic E-state index is 12.7. The Kier molecular flexibility index (Phi) is 6.14. The summed E-state index contributed by atoms with van der Waals surface area (Å²) in [5.74, 6) is -1.27. The number of carboxylic acids is 1. The minimum absolute atomic E-state index is 0.0165. The van der Waals surface area contributed by atoms with Crippen LogP contribution < -0.4 is 5.32 Å². The fourth-order valence-electron chi connectivity index (χ4n) is 2.85. The molecule has 0 aliphatic rings. The van der Waals surface area contributed by atoms with Crippen molar-refractivity contribution in [3.63, 3.8) is 0 Å². The van der Waals surface area contributed by atoms with Gasteiger partial charge in [-0.3, -0.25) is 9.59 Å². The number of carbonyl (C=O) groups excluding carboxylic acids is 1. The third-order valence-corrected chi connectivity index (χ3v) is 4.60. The van der Waals surface area contributed by atoms with Gasteiger partial charge >= 0.3 is 5.97 Å². The molecule has 29 heavy (non-hydrogen) atoms. The van der Waals surface area contributed by atoms with Crippen LogP contribution in [0.5, 0.6) is 0 Å². The van der Waals surface area contributed by atoms with Crippen molar-refractivity contribution in [3.05, 3.63) is 77.5 Å².